The summed E-state index contributed by atoms with van der Waals surface area (Å²) in [6.07, 6.45) is 4.13. The smallest absolute Gasteiger partial charge is 0.243 e. The molecular weight excluding hydrogens is 310 g/mol. The standard InChI is InChI=1S/C15H20ClNO3S/c1-10-12(9-18)6-13(16)7-15(10)21(19,20)17(14-4-5-14)8-11-2-3-11/h6-7,11,14,18H,2-5,8-9H2,1H3. The van der Waals surface area contributed by atoms with Crippen molar-refractivity contribution in [2.75, 3.05) is 6.54 Å². The van der Waals surface area contributed by atoms with E-state index in [0.29, 0.717) is 28.6 Å². The van der Waals surface area contributed by atoms with E-state index in [-0.39, 0.29) is 17.5 Å². The van der Waals surface area contributed by atoms with Gasteiger partial charge in [0.1, 0.15) is 0 Å². The molecule has 0 amide bonds. The number of nitrogens with zero attached hydrogens (tertiary/aromatic N) is 1. The quantitative estimate of drug-likeness (QED) is 0.873. The summed E-state index contributed by atoms with van der Waals surface area (Å²) in [4.78, 5) is 0.242. The third-order valence-electron chi connectivity index (χ3n) is 4.28. The van der Waals surface area contributed by atoms with Gasteiger partial charge in [0.25, 0.3) is 0 Å². The molecule has 1 aromatic rings. The van der Waals surface area contributed by atoms with Gasteiger partial charge in [-0.3, -0.25) is 0 Å². The fourth-order valence-corrected chi connectivity index (χ4v) is 4.99. The molecule has 1 aromatic carbocycles. The number of halogens is 1. The Labute approximate surface area is 130 Å². The molecule has 0 heterocycles. The zero-order valence-corrected chi connectivity index (χ0v) is 13.6. The minimum atomic E-state index is -3.54. The SMILES string of the molecule is Cc1c(CO)cc(Cl)cc1S(=O)(=O)N(CC1CC1)C1CC1. The number of aliphatic hydroxyl groups is 1. The maximum atomic E-state index is 13.0. The maximum absolute atomic E-state index is 13.0. The van der Waals surface area contributed by atoms with Crippen LogP contribution in [-0.2, 0) is 16.6 Å². The summed E-state index contributed by atoms with van der Waals surface area (Å²) in [5.74, 6) is 0.511. The van der Waals surface area contributed by atoms with Crippen LogP contribution < -0.4 is 0 Å². The predicted molar refractivity (Wildman–Crippen MR) is 81.7 cm³/mol. The summed E-state index contributed by atoms with van der Waals surface area (Å²) < 4.78 is 27.7. The van der Waals surface area contributed by atoms with E-state index in [9.17, 15) is 13.5 Å². The van der Waals surface area contributed by atoms with Crippen LogP contribution in [0.25, 0.3) is 0 Å². The van der Waals surface area contributed by atoms with Gasteiger partial charge < -0.3 is 5.11 Å². The molecule has 1 N–H and O–H groups in total. The lowest BCUT2D eigenvalue weighted by Crippen LogP contribution is -2.35. The van der Waals surface area contributed by atoms with Crippen LogP contribution in [0.4, 0.5) is 0 Å². The van der Waals surface area contributed by atoms with E-state index in [0.717, 1.165) is 25.7 Å². The number of hydrogen-bond acceptors (Lipinski definition) is 3. The molecule has 3 rings (SSSR count). The Bertz CT molecular complexity index is 651. The van der Waals surface area contributed by atoms with E-state index in [1.807, 2.05) is 0 Å². The highest BCUT2D eigenvalue weighted by Crippen LogP contribution is 2.39. The number of aliphatic hydroxyl groups excluding tert-OH is 1. The van der Waals surface area contributed by atoms with E-state index >= 15 is 0 Å². The Morgan fingerprint density at radius 2 is 1.95 bits per heavy atom. The van der Waals surface area contributed by atoms with Crippen molar-refractivity contribution in [3.63, 3.8) is 0 Å². The summed E-state index contributed by atoms with van der Waals surface area (Å²) >= 11 is 6.03. The van der Waals surface area contributed by atoms with E-state index < -0.39 is 10.0 Å². The van der Waals surface area contributed by atoms with Crippen LogP contribution in [-0.4, -0.2) is 30.4 Å². The highest BCUT2D eigenvalue weighted by molar-refractivity contribution is 7.89. The largest absolute Gasteiger partial charge is 0.392 e. The van der Waals surface area contributed by atoms with Gasteiger partial charge >= 0.3 is 0 Å². The lowest BCUT2D eigenvalue weighted by molar-refractivity contribution is 0.280. The Morgan fingerprint density at radius 3 is 2.48 bits per heavy atom. The van der Waals surface area contributed by atoms with Crippen molar-refractivity contribution in [3.05, 3.63) is 28.3 Å². The molecule has 0 atom stereocenters. The van der Waals surface area contributed by atoms with Crippen LogP contribution in [0.3, 0.4) is 0 Å². The van der Waals surface area contributed by atoms with Crippen LogP contribution in [0.5, 0.6) is 0 Å². The number of hydrogen-bond donors (Lipinski definition) is 1. The molecular formula is C15H20ClNO3S. The highest BCUT2D eigenvalue weighted by atomic mass is 35.5. The van der Waals surface area contributed by atoms with Crippen LogP contribution in [0.15, 0.2) is 17.0 Å². The predicted octanol–water partition coefficient (Wildman–Crippen LogP) is 2.70. The molecule has 0 bridgehead atoms. The topological polar surface area (TPSA) is 57.6 Å². The van der Waals surface area contributed by atoms with Gasteiger partial charge in [-0.15, -0.1) is 0 Å². The van der Waals surface area contributed by atoms with Crippen molar-refractivity contribution in [3.8, 4) is 0 Å². The van der Waals surface area contributed by atoms with Crippen LogP contribution in [0.1, 0.15) is 36.8 Å². The summed E-state index contributed by atoms with van der Waals surface area (Å²) in [5, 5.41) is 9.73. The molecule has 21 heavy (non-hydrogen) atoms. The average Bonchev–Trinajstić information content (AvgIpc) is 3.30. The highest BCUT2D eigenvalue weighted by Gasteiger charge is 2.41. The number of rotatable bonds is 6. The number of benzene rings is 1. The van der Waals surface area contributed by atoms with Crippen molar-refractivity contribution in [2.45, 2.75) is 50.2 Å². The molecule has 0 unspecified atom stereocenters. The minimum Gasteiger partial charge on any atom is -0.392 e. The van der Waals surface area contributed by atoms with Crippen molar-refractivity contribution in [2.24, 2.45) is 5.92 Å². The summed E-state index contributed by atoms with van der Waals surface area (Å²) in [5.41, 5.74) is 1.17. The molecule has 116 valence electrons. The second kappa shape index (κ2) is 5.54. The van der Waals surface area contributed by atoms with E-state index in [2.05, 4.69) is 0 Å². The van der Waals surface area contributed by atoms with Crippen LogP contribution in [0, 0.1) is 12.8 Å². The van der Waals surface area contributed by atoms with Crippen molar-refractivity contribution in [1.82, 2.24) is 4.31 Å². The molecule has 2 saturated carbocycles. The van der Waals surface area contributed by atoms with Crippen molar-refractivity contribution < 1.29 is 13.5 Å². The summed E-state index contributed by atoms with van der Waals surface area (Å²) in [6.45, 7) is 2.14. The molecule has 2 aliphatic carbocycles. The minimum absolute atomic E-state index is 0.145. The Balaban J connectivity index is 2.01. The van der Waals surface area contributed by atoms with Crippen molar-refractivity contribution >= 4 is 21.6 Å². The fraction of sp³-hybridized carbons (Fsp3) is 0.600. The van der Waals surface area contributed by atoms with E-state index in [1.54, 1.807) is 17.3 Å². The third kappa shape index (κ3) is 3.11. The van der Waals surface area contributed by atoms with Gasteiger partial charge in [0.15, 0.2) is 0 Å². The molecule has 4 nitrogen and oxygen atoms in total. The molecule has 0 aliphatic heterocycles. The van der Waals surface area contributed by atoms with Gasteiger partial charge in [-0.1, -0.05) is 11.6 Å². The Kier molecular flexibility index (Phi) is 4.03. The van der Waals surface area contributed by atoms with Gasteiger partial charge in [-0.2, -0.15) is 4.31 Å². The molecule has 0 spiro atoms. The monoisotopic (exact) mass is 329 g/mol. The average molecular weight is 330 g/mol. The van der Waals surface area contributed by atoms with Gasteiger partial charge in [0, 0.05) is 17.6 Å². The van der Waals surface area contributed by atoms with Gasteiger partial charge in [0.05, 0.1) is 11.5 Å². The molecule has 2 fully saturated rings. The van der Waals surface area contributed by atoms with Crippen LogP contribution >= 0.6 is 11.6 Å². The summed E-state index contributed by atoms with van der Waals surface area (Å²) in [7, 11) is -3.54. The Morgan fingerprint density at radius 1 is 1.29 bits per heavy atom. The first-order chi connectivity index (χ1) is 9.93. The van der Waals surface area contributed by atoms with Gasteiger partial charge in [-0.25, -0.2) is 8.42 Å². The second-order valence-corrected chi connectivity index (χ2v) is 8.39. The van der Waals surface area contributed by atoms with Crippen LogP contribution in [0.2, 0.25) is 5.02 Å². The molecule has 0 saturated heterocycles. The third-order valence-corrected chi connectivity index (χ3v) is 6.54. The first kappa shape index (κ1) is 15.3. The first-order valence-corrected chi connectivity index (χ1v) is 9.17. The molecule has 0 radical (unpaired) electrons. The zero-order chi connectivity index (χ0) is 15.2. The van der Waals surface area contributed by atoms with E-state index in [4.69, 9.17) is 11.6 Å². The summed E-state index contributed by atoms with van der Waals surface area (Å²) in [6, 6.07) is 3.28. The van der Waals surface area contributed by atoms with Gasteiger partial charge in [-0.05, 0) is 61.8 Å². The lowest BCUT2D eigenvalue weighted by Gasteiger charge is -2.23. The van der Waals surface area contributed by atoms with Crippen molar-refractivity contribution in [1.29, 1.82) is 0 Å². The number of sulfonamides is 1. The maximum Gasteiger partial charge on any atom is 0.243 e. The fourth-order valence-electron chi connectivity index (χ4n) is 2.63. The molecule has 0 aromatic heterocycles. The van der Waals surface area contributed by atoms with Gasteiger partial charge in [0.2, 0.25) is 10.0 Å². The second-order valence-electron chi connectivity index (χ2n) is 6.10. The molecule has 2 aliphatic rings. The first-order valence-electron chi connectivity index (χ1n) is 7.35. The molecule has 6 heteroatoms. The Hall–Kier alpha value is -0.620. The van der Waals surface area contributed by atoms with E-state index in [1.165, 1.54) is 6.07 Å². The lowest BCUT2D eigenvalue weighted by atomic mass is 10.1. The normalized spacial score (nSPS) is 19.2. The zero-order valence-electron chi connectivity index (χ0n) is 12.0.